The lowest BCUT2D eigenvalue weighted by molar-refractivity contribution is 0.0697. The molecule has 0 radical (unpaired) electrons. The molecule has 0 unspecified atom stereocenters. The minimum Gasteiger partial charge on any atom is -0.488 e. The molecule has 138 valence electrons. The van der Waals surface area contributed by atoms with E-state index in [9.17, 15) is 4.79 Å². The molecule has 0 fully saturated rings. The van der Waals surface area contributed by atoms with Crippen LogP contribution < -0.4 is 10.1 Å². The van der Waals surface area contributed by atoms with Crippen LogP contribution in [0.15, 0.2) is 71.2 Å². The van der Waals surface area contributed by atoms with Crippen LogP contribution in [0.5, 0.6) is 5.75 Å². The SMILES string of the molecule is O=C(O)c1ccc(NCc2cc(Br)ccc2OCc2ccccc2Cl)cc1. The number of carbonyl (C=O) groups is 1. The van der Waals surface area contributed by atoms with Gasteiger partial charge in [0.05, 0.1) is 5.56 Å². The first-order valence-corrected chi connectivity index (χ1v) is 9.42. The van der Waals surface area contributed by atoms with Crippen LogP contribution >= 0.6 is 27.5 Å². The summed E-state index contributed by atoms with van der Waals surface area (Å²) in [5.41, 5.74) is 2.98. The van der Waals surface area contributed by atoms with Crippen molar-refractivity contribution in [1.29, 1.82) is 0 Å². The maximum atomic E-state index is 10.9. The molecule has 0 aliphatic carbocycles. The Kier molecular flexibility index (Phi) is 6.37. The lowest BCUT2D eigenvalue weighted by Gasteiger charge is -2.14. The number of hydrogen-bond acceptors (Lipinski definition) is 3. The molecule has 2 N–H and O–H groups in total. The number of carboxylic acids is 1. The van der Waals surface area contributed by atoms with Gasteiger partial charge in [-0.15, -0.1) is 0 Å². The van der Waals surface area contributed by atoms with Crippen molar-refractivity contribution in [3.05, 3.63) is 92.9 Å². The average Bonchev–Trinajstić information content (AvgIpc) is 2.67. The second kappa shape index (κ2) is 8.93. The summed E-state index contributed by atoms with van der Waals surface area (Å²) in [5, 5.41) is 12.9. The number of carboxylic acid groups (broad SMARTS) is 1. The van der Waals surface area contributed by atoms with Crippen LogP contribution in [0, 0.1) is 0 Å². The molecule has 3 aromatic carbocycles. The molecule has 0 saturated heterocycles. The van der Waals surface area contributed by atoms with Crippen molar-refractivity contribution in [2.24, 2.45) is 0 Å². The summed E-state index contributed by atoms with van der Waals surface area (Å²) < 4.78 is 6.92. The summed E-state index contributed by atoms with van der Waals surface area (Å²) in [6.45, 7) is 0.908. The highest BCUT2D eigenvalue weighted by Crippen LogP contribution is 2.26. The van der Waals surface area contributed by atoms with Crippen LogP contribution in [-0.2, 0) is 13.2 Å². The van der Waals surface area contributed by atoms with Gasteiger partial charge in [-0.25, -0.2) is 4.79 Å². The molecule has 27 heavy (non-hydrogen) atoms. The minimum atomic E-state index is -0.941. The third kappa shape index (κ3) is 5.25. The summed E-state index contributed by atoms with van der Waals surface area (Å²) in [5.74, 6) is -0.184. The number of anilines is 1. The Bertz CT molecular complexity index is 944. The molecule has 0 bridgehead atoms. The lowest BCUT2D eigenvalue weighted by atomic mass is 10.1. The van der Waals surface area contributed by atoms with E-state index < -0.39 is 5.97 Å². The van der Waals surface area contributed by atoms with Crippen LogP contribution in [0.1, 0.15) is 21.5 Å². The molecule has 6 heteroatoms. The number of nitrogens with one attached hydrogen (secondary N) is 1. The van der Waals surface area contributed by atoms with Crippen LogP contribution in [0.2, 0.25) is 5.02 Å². The lowest BCUT2D eigenvalue weighted by Crippen LogP contribution is -2.04. The monoisotopic (exact) mass is 445 g/mol. The van der Waals surface area contributed by atoms with Crippen molar-refractivity contribution in [1.82, 2.24) is 0 Å². The first-order valence-electron chi connectivity index (χ1n) is 8.25. The van der Waals surface area contributed by atoms with E-state index in [1.54, 1.807) is 24.3 Å². The molecule has 0 saturated carbocycles. The van der Waals surface area contributed by atoms with Gasteiger partial charge in [0.25, 0.3) is 0 Å². The molecule has 3 aromatic rings. The number of ether oxygens (including phenoxy) is 1. The fraction of sp³-hybridized carbons (Fsp3) is 0.0952. The molecule has 0 spiro atoms. The maximum absolute atomic E-state index is 10.9. The van der Waals surface area contributed by atoms with Crippen molar-refractivity contribution in [3.63, 3.8) is 0 Å². The van der Waals surface area contributed by atoms with Gasteiger partial charge in [-0.3, -0.25) is 0 Å². The average molecular weight is 447 g/mol. The van der Waals surface area contributed by atoms with Crippen LogP contribution in [0.25, 0.3) is 0 Å². The molecule has 4 nitrogen and oxygen atoms in total. The van der Waals surface area contributed by atoms with Crippen LogP contribution in [-0.4, -0.2) is 11.1 Å². The molecule has 0 aromatic heterocycles. The van der Waals surface area contributed by atoms with Crippen LogP contribution in [0.3, 0.4) is 0 Å². The highest BCUT2D eigenvalue weighted by atomic mass is 79.9. The largest absolute Gasteiger partial charge is 0.488 e. The second-order valence-electron chi connectivity index (χ2n) is 5.87. The van der Waals surface area contributed by atoms with E-state index in [0.717, 1.165) is 27.0 Å². The van der Waals surface area contributed by atoms with E-state index in [2.05, 4.69) is 21.2 Å². The van der Waals surface area contributed by atoms with Gasteiger partial charge in [-0.2, -0.15) is 0 Å². The van der Waals surface area contributed by atoms with Gasteiger partial charge >= 0.3 is 5.97 Å². The third-order valence-electron chi connectivity index (χ3n) is 3.98. The van der Waals surface area contributed by atoms with Crippen molar-refractivity contribution >= 4 is 39.2 Å². The van der Waals surface area contributed by atoms with Crippen molar-refractivity contribution < 1.29 is 14.6 Å². The van der Waals surface area contributed by atoms with Gasteiger partial charge in [0.15, 0.2) is 0 Å². The Morgan fingerprint density at radius 1 is 1.04 bits per heavy atom. The van der Waals surface area contributed by atoms with Crippen molar-refractivity contribution in [2.75, 3.05) is 5.32 Å². The Morgan fingerprint density at radius 3 is 2.48 bits per heavy atom. The van der Waals surface area contributed by atoms with E-state index in [1.807, 2.05) is 42.5 Å². The van der Waals surface area contributed by atoms with Crippen molar-refractivity contribution in [3.8, 4) is 5.75 Å². The molecular weight excluding hydrogens is 430 g/mol. The van der Waals surface area contributed by atoms with E-state index in [0.29, 0.717) is 18.2 Å². The molecule has 3 rings (SSSR count). The van der Waals surface area contributed by atoms with Crippen LogP contribution in [0.4, 0.5) is 5.69 Å². The molecule has 0 atom stereocenters. The molecule has 0 amide bonds. The zero-order chi connectivity index (χ0) is 19.2. The zero-order valence-electron chi connectivity index (χ0n) is 14.3. The summed E-state index contributed by atoms with van der Waals surface area (Å²) in [7, 11) is 0. The number of halogens is 2. The van der Waals surface area contributed by atoms with Gasteiger partial charge < -0.3 is 15.2 Å². The summed E-state index contributed by atoms with van der Waals surface area (Å²) >= 11 is 9.68. The fourth-order valence-electron chi connectivity index (χ4n) is 2.53. The van der Waals surface area contributed by atoms with Gasteiger partial charge in [-0.05, 0) is 48.5 Å². The number of aromatic carboxylic acids is 1. The minimum absolute atomic E-state index is 0.256. The van der Waals surface area contributed by atoms with Gasteiger partial charge in [-0.1, -0.05) is 45.7 Å². The van der Waals surface area contributed by atoms with E-state index in [1.165, 1.54) is 0 Å². The van der Waals surface area contributed by atoms with E-state index >= 15 is 0 Å². The Labute approximate surface area is 170 Å². The summed E-state index contributed by atoms with van der Waals surface area (Å²) in [6, 6.07) is 20.0. The predicted octanol–water partition coefficient (Wildman–Crippen LogP) is 5.99. The Hall–Kier alpha value is -2.50. The molecule has 0 aliphatic rings. The Balaban J connectivity index is 1.70. The van der Waals surface area contributed by atoms with E-state index in [-0.39, 0.29) is 5.56 Å². The topological polar surface area (TPSA) is 58.6 Å². The first kappa shape index (κ1) is 19.3. The third-order valence-corrected chi connectivity index (χ3v) is 4.84. The number of benzene rings is 3. The standard InChI is InChI=1S/C21H17BrClNO3/c22-17-7-10-20(27-13-15-3-1-2-4-19(15)23)16(11-17)12-24-18-8-5-14(6-9-18)21(25)26/h1-11,24H,12-13H2,(H,25,26). The Morgan fingerprint density at radius 2 is 1.78 bits per heavy atom. The highest BCUT2D eigenvalue weighted by Gasteiger charge is 2.08. The number of rotatable bonds is 7. The summed E-state index contributed by atoms with van der Waals surface area (Å²) in [4.78, 5) is 10.9. The molecular formula is C21H17BrClNO3. The fourth-order valence-corrected chi connectivity index (χ4v) is 3.12. The quantitative estimate of drug-likeness (QED) is 0.468. The maximum Gasteiger partial charge on any atom is 0.335 e. The van der Waals surface area contributed by atoms with E-state index in [4.69, 9.17) is 21.4 Å². The second-order valence-corrected chi connectivity index (χ2v) is 7.19. The van der Waals surface area contributed by atoms with Crippen molar-refractivity contribution in [2.45, 2.75) is 13.2 Å². The predicted molar refractivity (Wildman–Crippen MR) is 111 cm³/mol. The van der Waals surface area contributed by atoms with Gasteiger partial charge in [0.1, 0.15) is 12.4 Å². The zero-order valence-corrected chi connectivity index (χ0v) is 16.6. The molecule has 0 aliphatic heterocycles. The van der Waals surface area contributed by atoms with Gasteiger partial charge in [0.2, 0.25) is 0 Å². The first-order chi connectivity index (χ1) is 13.0. The normalized spacial score (nSPS) is 10.4. The highest BCUT2D eigenvalue weighted by molar-refractivity contribution is 9.10. The molecule has 0 heterocycles. The number of hydrogen-bond donors (Lipinski definition) is 2. The smallest absolute Gasteiger partial charge is 0.335 e. The van der Waals surface area contributed by atoms with Gasteiger partial charge in [0, 0.05) is 32.9 Å². The summed E-state index contributed by atoms with van der Waals surface area (Å²) in [6.07, 6.45) is 0.